The Balaban J connectivity index is 2.01. The molecule has 2 bridgehead atoms. The van der Waals surface area contributed by atoms with E-state index in [4.69, 9.17) is 4.74 Å². The summed E-state index contributed by atoms with van der Waals surface area (Å²) in [6.07, 6.45) is 3.45. The van der Waals surface area contributed by atoms with Crippen LogP contribution in [0.5, 0.6) is 0 Å². The van der Waals surface area contributed by atoms with E-state index in [1.54, 1.807) is 0 Å². The lowest BCUT2D eigenvalue weighted by Gasteiger charge is -2.31. The molecule has 0 radical (unpaired) electrons. The van der Waals surface area contributed by atoms with Gasteiger partial charge in [-0.1, -0.05) is 12.2 Å². The molecule has 0 saturated carbocycles. The zero-order valence-corrected chi connectivity index (χ0v) is 9.64. The molecule has 4 nitrogen and oxygen atoms in total. The molecule has 3 aliphatic rings. The summed E-state index contributed by atoms with van der Waals surface area (Å²) >= 11 is 0. The molecule has 5 heteroatoms. The third kappa shape index (κ3) is 1.04. The maximum Gasteiger partial charge on any atom is 0.235 e. The summed E-state index contributed by atoms with van der Waals surface area (Å²) in [4.78, 5) is 25.9. The predicted octanol–water partition coefficient (Wildman–Crippen LogP) is -0.706. The molecule has 16 heavy (non-hydrogen) atoms. The van der Waals surface area contributed by atoms with Crippen molar-refractivity contribution in [3.05, 3.63) is 12.2 Å². The number of imide groups is 1. The van der Waals surface area contributed by atoms with Gasteiger partial charge in [0.05, 0.1) is 24.0 Å². The lowest BCUT2D eigenvalue weighted by atomic mass is 9.80. The second-order valence-corrected chi connectivity index (χ2v) is 5.68. The SMILES string of the molecule is BC(C)(C)N1C(=O)C2C3C=CC(O3)C2C1=O. The number of carbonyl (C=O) groups excluding carboxylic acids is 2. The summed E-state index contributed by atoms with van der Waals surface area (Å²) in [5.41, 5.74) is -0.433. The normalized spacial score (nSPS) is 41.0. The molecule has 2 fully saturated rings. The largest absolute Gasteiger partial charge is 0.365 e. The fraction of sp³-hybridized carbons (Fsp3) is 0.636. The van der Waals surface area contributed by atoms with Crippen LogP contribution in [0.4, 0.5) is 0 Å². The molecule has 2 saturated heterocycles. The highest BCUT2D eigenvalue weighted by atomic mass is 16.5. The first-order valence-electron chi connectivity index (χ1n) is 5.63. The lowest BCUT2D eigenvalue weighted by molar-refractivity contribution is -0.145. The predicted molar refractivity (Wildman–Crippen MR) is 59.3 cm³/mol. The average Bonchev–Trinajstić information content (AvgIpc) is 2.77. The molecular weight excluding hydrogens is 205 g/mol. The molecule has 0 aromatic rings. The minimum absolute atomic E-state index is 0.0700. The summed E-state index contributed by atoms with van der Waals surface area (Å²) in [5, 5.41) is 0. The van der Waals surface area contributed by atoms with Crippen LogP contribution in [-0.4, -0.2) is 42.2 Å². The fourth-order valence-corrected chi connectivity index (χ4v) is 2.96. The average molecular weight is 219 g/mol. The van der Waals surface area contributed by atoms with Gasteiger partial charge in [-0.15, -0.1) is 0 Å². The van der Waals surface area contributed by atoms with Gasteiger partial charge in [0.1, 0.15) is 7.85 Å². The Kier molecular flexibility index (Phi) is 1.75. The van der Waals surface area contributed by atoms with E-state index in [-0.39, 0.29) is 35.9 Å². The van der Waals surface area contributed by atoms with Gasteiger partial charge in [0, 0.05) is 5.44 Å². The first-order chi connectivity index (χ1) is 7.41. The lowest BCUT2D eigenvalue weighted by Crippen LogP contribution is -2.49. The van der Waals surface area contributed by atoms with Gasteiger partial charge in [0.2, 0.25) is 11.8 Å². The maximum absolute atomic E-state index is 12.2. The Morgan fingerprint density at radius 1 is 1.19 bits per heavy atom. The molecular formula is C11H14BNO3. The molecule has 0 aromatic carbocycles. The van der Waals surface area contributed by atoms with Crippen molar-refractivity contribution in [2.45, 2.75) is 31.5 Å². The van der Waals surface area contributed by atoms with E-state index in [0.29, 0.717) is 0 Å². The van der Waals surface area contributed by atoms with Crippen molar-refractivity contribution in [2.75, 3.05) is 0 Å². The van der Waals surface area contributed by atoms with E-state index in [2.05, 4.69) is 0 Å². The summed E-state index contributed by atoms with van der Waals surface area (Å²) < 4.78 is 5.56. The number of ether oxygens (including phenoxy) is 1. The first kappa shape index (κ1) is 10.1. The zero-order valence-electron chi connectivity index (χ0n) is 9.64. The number of carbonyl (C=O) groups is 2. The van der Waals surface area contributed by atoms with Gasteiger partial charge >= 0.3 is 0 Å². The van der Waals surface area contributed by atoms with Crippen LogP contribution in [0.2, 0.25) is 0 Å². The van der Waals surface area contributed by atoms with Crippen molar-refractivity contribution >= 4 is 19.7 Å². The molecule has 3 rings (SSSR count). The number of hydrogen-bond donors (Lipinski definition) is 0. The monoisotopic (exact) mass is 219 g/mol. The maximum atomic E-state index is 12.2. The van der Waals surface area contributed by atoms with Gasteiger partial charge in [-0.25, -0.2) is 0 Å². The van der Waals surface area contributed by atoms with Crippen LogP contribution in [-0.2, 0) is 14.3 Å². The third-order valence-electron chi connectivity index (χ3n) is 3.58. The Bertz CT molecular complexity index is 382. The molecule has 0 aromatic heterocycles. The summed E-state index contributed by atoms with van der Waals surface area (Å²) in [6, 6.07) is 0. The van der Waals surface area contributed by atoms with Crippen LogP contribution in [0.15, 0.2) is 12.2 Å². The van der Waals surface area contributed by atoms with Crippen molar-refractivity contribution in [3.8, 4) is 0 Å². The molecule has 0 N–H and O–H groups in total. The van der Waals surface area contributed by atoms with Gasteiger partial charge in [0.25, 0.3) is 0 Å². The van der Waals surface area contributed by atoms with Gasteiger partial charge in [0.15, 0.2) is 0 Å². The van der Waals surface area contributed by atoms with Crippen LogP contribution in [0.1, 0.15) is 13.8 Å². The highest BCUT2D eigenvalue weighted by molar-refractivity contribution is 6.20. The fourth-order valence-electron chi connectivity index (χ4n) is 2.96. The standard InChI is InChI=1S/C11H14BNO3/c1-11(2,12)13-9(14)7-5-3-4-6(16-5)8(7)10(13)15/h3-8H,12H2,1-2H3. The molecule has 0 aliphatic carbocycles. The van der Waals surface area contributed by atoms with Gasteiger partial charge in [-0.05, 0) is 13.8 Å². The number of hydrogen-bond acceptors (Lipinski definition) is 3. The van der Waals surface area contributed by atoms with Gasteiger partial charge < -0.3 is 4.74 Å². The number of rotatable bonds is 1. The van der Waals surface area contributed by atoms with E-state index >= 15 is 0 Å². The smallest absolute Gasteiger partial charge is 0.235 e. The molecule has 3 aliphatic heterocycles. The van der Waals surface area contributed by atoms with Crippen LogP contribution < -0.4 is 0 Å². The zero-order chi connectivity index (χ0) is 11.7. The summed E-state index contributed by atoms with van der Waals surface area (Å²) in [6.45, 7) is 3.78. The van der Waals surface area contributed by atoms with E-state index < -0.39 is 5.44 Å². The molecule has 2 amide bonds. The molecule has 4 atom stereocenters. The van der Waals surface area contributed by atoms with E-state index in [0.717, 1.165) is 0 Å². The van der Waals surface area contributed by atoms with Crippen molar-refractivity contribution < 1.29 is 14.3 Å². The number of likely N-dealkylation sites (tertiary alicyclic amines) is 1. The van der Waals surface area contributed by atoms with Crippen molar-refractivity contribution in [2.24, 2.45) is 11.8 Å². The Labute approximate surface area is 95.0 Å². The summed E-state index contributed by atoms with van der Waals surface area (Å²) in [5.74, 6) is -0.692. The van der Waals surface area contributed by atoms with Crippen LogP contribution in [0.25, 0.3) is 0 Å². The van der Waals surface area contributed by atoms with Crippen LogP contribution >= 0.6 is 0 Å². The van der Waals surface area contributed by atoms with Crippen molar-refractivity contribution in [3.63, 3.8) is 0 Å². The molecule has 84 valence electrons. The quantitative estimate of drug-likeness (QED) is 0.332. The Morgan fingerprint density at radius 3 is 2.00 bits per heavy atom. The number of amides is 2. The second kappa shape index (κ2) is 2.77. The highest BCUT2D eigenvalue weighted by Crippen LogP contribution is 2.46. The Hall–Kier alpha value is -1.10. The second-order valence-electron chi connectivity index (χ2n) is 5.68. The third-order valence-corrected chi connectivity index (χ3v) is 3.58. The number of nitrogens with zero attached hydrogens (tertiary/aromatic N) is 1. The number of fused-ring (bicyclic) bond motifs is 5. The van der Waals surface area contributed by atoms with Crippen molar-refractivity contribution in [1.82, 2.24) is 4.90 Å². The van der Waals surface area contributed by atoms with E-state index in [1.165, 1.54) is 4.90 Å². The minimum atomic E-state index is -0.433. The van der Waals surface area contributed by atoms with Gasteiger partial charge in [-0.3, -0.25) is 14.5 Å². The van der Waals surface area contributed by atoms with Crippen LogP contribution in [0, 0.1) is 11.8 Å². The van der Waals surface area contributed by atoms with Crippen LogP contribution in [0.3, 0.4) is 0 Å². The highest BCUT2D eigenvalue weighted by Gasteiger charge is 2.62. The van der Waals surface area contributed by atoms with Gasteiger partial charge in [-0.2, -0.15) is 0 Å². The minimum Gasteiger partial charge on any atom is -0.365 e. The Morgan fingerprint density at radius 2 is 1.62 bits per heavy atom. The molecule has 0 spiro atoms. The van der Waals surface area contributed by atoms with E-state index in [9.17, 15) is 9.59 Å². The topological polar surface area (TPSA) is 46.6 Å². The van der Waals surface area contributed by atoms with Crippen molar-refractivity contribution in [1.29, 1.82) is 0 Å². The molecule has 3 heterocycles. The summed E-state index contributed by atoms with van der Waals surface area (Å²) in [7, 11) is 1.89. The molecule has 4 unspecified atom stereocenters. The first-order valence-corrected chi connectivity index (χ1v) is 5.63. The van der Waals surface area contributed by atoms with E-state index in [1.807, 2.05) is 33.8 Å².